The van der Waals surface area contributed by atoms with Crippen LogP contribution in [0.2, 0.25) is 10.0 Å². The number of hydrogen-bond acceptors (Lipinski definition) is 4. The van der Waals surface area contributed by atoms with Crippen molar-refractivity contribution in [2.45, 2.75) is 6.42 Å². The number of hydrogen-bond donors (Lipinski definition) is 2. The monoisotopic (exact) mass is 386 g/mol. The van der Waals surface area contributed by atoms with Gasteiger partial charge in [-0.15, -0.1) is 0 Å². The smallest absolute Gasteiger partial charge is 0.254 e. The van der Waals surface area contributed by atoms with Gasteiger partial charge >= 0.3 is 0 Å². The minimum atomic E-state index is -0.219. The van der Waals surface area contributed by atoms with Crippen molar-refractivity contribution in [3.63, 3.8) is 0 Å². The molecule has 3 aromatic rings. The number of rotatable bonds is 6. The third-order valence-corrected chi connectivity index (χ3v) is 4.29. The molecule has 5 nitrogen and oxygen atoms in total. The van der Waals surface area contributed by atoms with E-state index in [1.165, 1.54) is 18.0 Å². The lowest BCUT2D eigenvalue weighted by Gasteiger charge is -2.09. The van der Waals surface area contributed by atoms with Gasteiger partial charge < -0.3 is 10.6 Å². The second-order valence-corrected chi connectivity index (χ2v) is 6.32. The van der Waals surface area contributed by atoms with Crippen LogP contribution in [-0.2, 0) is 6.42 Å². The predicted molar refractivity (Wildman–Crippen MR) is 104 cm³/mol. The first kappa shape index (κ1) is 18.2. The lowest BCUT2D eigenvalue weighted by Crippen LogP contribution is -2.26. The molecule has 2 aromatic carbocycles. The average molecular weight is 387 g/mol. The molecule has 0 saturated heterocycles. The Hall–Kier alpha value is -2.63. The van der Waals surface area contributed by atoms with Gasteiger partial charge in [-0.05, 0) is 24.1 Å². The molecule has 0 aliphatic rings. The van der Waals surface area contributed by atoms with Crippen molar-refractivity contribution in [1.82, 2.24) is 15.3 Å². The van der Waals surface area contributed by atoms with Gasteiger partial charge in [0.15, 0.2) is 0 Å². The zero-order valence-electron chi connectivity index (χ0n) is 13.7. The summed E-state index contributed by atoms with van der Waals surface area (Å²) in [5.41, 5.74) is 2.07. The molecule has 0 saturated carbocycles. The Morgan fingerprint density at radius 2 is 1.58 bits per heavy atom. The van der Waals surface area contributed by atoms with E-state index in [2.05, 4.69) is 20.6 Å². The SMILES string of the molecule is O=C(NCCc1ccccc1)c1cnc(Nc2c(Cl)cccc2Cl)nc1. The van der Waals surface area contributed by atoms with Crippen LogP contribution < -0.4 is 10.6 Å². The van der Waals surface area contributed by atoms with Crippen LogP contribution in [0, 0.1) is 0 Å². The van der Waals surface area contributed by atoms with Crippen molar-refractivity contribution in [1.29, 1.82) is 0 Å². The van der Waals surface area contributed by atoms with Gasteiger partial charge in [-0.3, -0.25) is 4.79 Å². The van der Waals surface area contributed by atoms with Gasteiger partial charge in [-0.2, -0.15) is 0 Å². The molecule has 0 unspecified atom stereocenters. The van der Waals surface area contributed by atoms with Gasteiger partial charge in [0.05, 0.1) is 21.3 Å². The summed E-state index contributed by atoms with van der Waals surface area (Å²) in [6.45, 7) is 0.540. The zero-order chi connectivity index (χ0) is 18.4. The summed E-state index contributed by atoms with van der Waals surface area (Å²) in [5.74, 6) is 0.0871. The maximum atomic E-state index is 12.2. The largest absolute Gasteiger partial charge is 0.352 e. The highest BCUT2D eigenvalue weighted by atomic mass is 35.5. The first-order valence-electron chi connectivity index (χ1n) is 7.98. The maximum absolute atomic E-state index is 12.2. The Labute approximate surface area is 161 Å². The van der Waals surface area contributed by atoms with E-state index in [0.717, 1.165) is 6.42 Å². The van der Waals surface area contributed by atoms with Crippen molar-refractivity contribution < 1.29 is 4.79 Å². The van der Waals surface area contributed by atoms with Crippen molar-refractivity contribution in [3.8, 4) is 0 Å². The van der Waals surface area contributed by atoms with E-state index in [-0.39, 0.29) is 5.91 Å². The van der Waals surface area contributed by atoms with Crippen LogP contribution in [0.1, 0.15) is 15.9 Å². The molecule has 2 N–H and O–H groups in total. The van der Waals surface area contributed by atoms with Crippen LogP contribution in [0.25, 0.3) is 0 Å². The molecule has 1 aromatic heterocycles. The molecule has 0 atom stereocenters. The zero-order valence-corrected chi connectivity index (χ0v) is 15.3. The number of amides is 1. The summed E-state index contributed by atoms with van der Waals surface area (Å²) in [6, 6.07) is 15.1. The minimum absolute atomic E-state index is 0.219. The highest BCUT2D eigenvalue weighted by Crippen LogP contribution is 2.31. The number of aromatic nitrogens is 2. The molecule has 3 rings (SSSR count). The van der Waals surface area contributed by atoms with Crippen molar-refractivity contribution in [3.05, 3.63) is 82.1 Å². The van der Waals surface area contributed by atoms with Crippen LogP contribution in [0.15, 0.2) is 60.9 Å². The van der Waals surface area contributed by atoms with Gasteiger partial charge in [0.1, 0.15) is 0 Å². The topological polar surface area (TPSA) is 66.9 Å². The molecule has 0 fully saturated rings. The van der Waals surface area contributed by atoms with E-state index in [0.29, 0.717) is 33.8 Å². The molecular weight excluding hydrogens is 371 g/mol. The molecule has 0 aliphatic heterocycles. The van der Waals surface area contributed by atoms with Gasteiger partial charge in [0, 0.05) is 18.9 Å². The number of nitrogens with one attached hydrogen (secondary N) is 2. The lowest BCUT2D eigenvalue weighted by molar-refractivity contribution is 0.0953. The Morgan fingerprint density at radius 1 is 0.923 bits per heavy atom. The van der Waals surface area contributed by atoms with E-state index in [9.17, 15) is 4.79 Å². The summed E-state index contributed by atoms with van der Waals surface area (Å²) < 4.78 is 0. The molecule has 0 spiro atoms. The molecule has 1 heterocycles. The molecular formula is C19H16Cl2N4O. The Bertz CT molecular complexity index is 866. The molecule has 7 heteroatoms. The maximum Gasteiger partial charge on any atom is 0.254 e. The first-order chi connectivity index (χ1) is 12.6. The van der Waals surface area contributed by atoms with Gasteiger partial charge in [0.2, 0.25) is 5.95 Å². The van der Waals surface area contributed by atoms with Crippen molar-refractivity contribution in [2.75, 3.05) is 11.9 Å². The fourth-order valence-electron chi connectivity index (χ4n) is 2.31. The number of halogens is 2. The Kier molecular flexibility index (Phi) is 6.04. The highest BCUT2D eigenvalue weighted by Gasteiger charge is 2.09. The lowest BCUT2D eigenvalue weighted by atomic mass is 10.1. The predicted octanol–water partition coefficient (Wildman–Crippen LogP) is 4.50. The van der Waals surface area contributed by atoms with Crippen LogP contribution >= 0.6 is 23.2 Å². The second-order valence-electron chi connectivity index (χ2n) is 5.51. The van der Waals surface area contributed by atoms with Crippen molar-refractivity contribution in [2.24, 2.45) is 0 Å². The molecule has 0 aliphatic carbocycles. The van der Waals surface area contributed by atoms with Crippen molar-refractivity contribution >= 4 is 40.7 Å². The Morgan fingerprint density at radius 3 is 2.23 bits per heavy atom. The van der Waals surface area contributed by atoms with Gasteiger partial charge in [0.25, 0.3) is 5.91 Å². The number of nitrogens with zero attached hydrogens (tertiary/aromatic N) is 2. The molecule has 0 bridgehead atoms. The summed E-state index contributed by atoms with van der Waals surface area (Å²) in [5, 5.41) is 6.73. The van der Waals surface area contributed by atoms with Gasteiger partial charge in [-0.1, -0.05) is 59.6 Å². The number of carbonyl (C=O) groups excluding carboxylic acids is 1. The van der Waals surface area contributed by atoms with E-state index in [1.54, 1.807) is 18.2 Å². The third-order valence-electron chi connectivity index (χ3n) is 3.66. The van der Waals surface area contributed by atoms with E-state index in [1.807, 2.05) is 30.3 Å². The summed E-state index contributed by atoms with van der Waals surface area (Å²) in [7, 11) is 0. The van der Waals surface area contributed by atoms with E-state index >= 15 is 0 Å². The van der Waals surface area contributed by atoms with E-state index in [4.69, 9.17) is 23.2 Å². The third kappa shape index (κ3) is 4.71. The molecule has 1 amide bonds. The van der Waals surface area contributed by atoms with E-state index < -0.39 is 0 Å². The second kappa shape index (κ2) is 8.65. The highest BCUT2D eigenvalue weighted by molar-refractivity contribution is 6.39. The summed E-state index contributed by atoms with van der Waals surface area (Å²) in [6.07, 6.45) is 3.67. The molecule has 0 radical (unpaired) electrons. The number of carbonyl (C=O) groups is 1. The van der Waals surface area contributed by atoms with Crippen LogP contribution in [-0.4, -0.2) is 22.4 Å². The molecule has 132 valence electrons. The summed E-state index contributed by atoms with van der Waals surface area (Å²) in [4.78, 5) is 20.4. The number of benzene rings is 2. The standard InChI is InChI=1S/C19H16Cl2N4O/c20-15-7-4-8-16(21)17(15)25-19-23-11-14(12-24-19)18(26)22-10-9-13-5-2-1-3-6-13/h1-8,11-12H,9-10H2,(H,22,26)(H,23,24,25). The van der Waals surface area contributed by atoms with Gasteiger partial charge in [-0.25, -0.2) is 9.97 Å². The number of anilines is 2. The molecule has 26 heavy (non-hydrogen) atoms. The quantitative estimate of drug-likeness (QED) is 0.654. The normalized spacial score (nSPS) is 10.4. The fourth-order valence-corrected chi connectivity index (χ4v) is 2.80. The average Bonchev–Trinajstić information content (AvgIpc) is 2.66. The fraction of sp³-hybridized carbons (Fsp3) is 0.105. The van der Waals surface area contributed by atoms with Crippen LogP contribution in [0.4, 0.5) is 11.6 Å². The van der Waals surface area contributed by atoms with Crippen LogP contribution in [0.5, 0.6) is 0 Å². The first-order valence-corrected chi connectivity index (χ1v) is 8.74. The minimum Gasteiger partial charge on any atom is -0.352 e. The Balaban J connectivity index is 1.57. The van der Waals surface area contributed by atoms with Crippen LogP contribution in [0.3, 0.4) is 0 Å². The number of para-hydroxylation sites is 1. The summed E-state index contributed by atoms with van der Waals surface area (Å²) >= 11 is 12.2.